The molecule has 0 saturated heterocycles. The molecule has 0 heterocycles. The molecule has 1 unspecified atom stereocenters. The van der Waals surface area contributed by atoms with Crippen LogP contribution >= 0.6 is 0 Å². The van der Waals surface area contributed by atoms with Crippen molar-refractivity contribution in [3.8, 4) is 0 Å². The molecular formula is C9H14N2O4. The fourth-order valence-corrected chi connectivity index (χ4v) is 0.858. The molecule has 0 aromatic heterocycles. The topological polar surface area (TPSA) is 86.7 Å². The number of nitrogens with zero attached hydrogens (tertiary/aromatic N) is 1. The number of carboxylic acid groups (broad SMARTS) is 1. The first-order chi connectivity index (χ1) is 6.84. The first-order valence-corrected chi connectivity index (χ1v) is 4.27. The zero-order valence-electron chi connectivity index (χ0n) is 8.85. The molecule has 0 saturated carbocycles. The number of amides is 2. The summed E-state index contributed by atoms with van der Waals surface area (Å²) in [5.41, 5.74) is 0. The van der Waals surface area contributed by atoms with Gasteiger partial charge in [0.25, 0.3) is 0 Å². The largest absolute Gasteiger partial charge is 0.478 e. The van der Waals surface area contributed by atoms with Crippen molar-refractivity contribution < 1.29 is 19.5 Å². The van der Waals surface area contributed by atoms with Gasteiger partial charge >= 0.3 is 5.97 Å². The monoisotopic (exact) mass is 214 g/mol. The van der Waals surface area contributed by atoms with Crippen molar-refractivity contribution in [3.63, 3.8) is 0 Å². The van der Waals surface area contributed by atoms with Crippen LogP contribution in [0.15, 0.2) is 12.2 Å². The number of nitrogens with one attached hydrogen (secondary N) is 1. The lowest BCUT2D eigenvalue weighted by Gasteiger charge is -2.16. The number of carbonyl (C=O) groups is 3. The molecule has 6 heteroatoms. The van der Waals surface area contributed by atoms with Crippen molar-refractivity contribution in [2.75, 3.05) is 14.1 Å². The van der Waals surface area contributed by atoms with Crippen LogP contribution in [0.25, 0.3) is 0 Å². The lowest BCUT2D eigenvalue weighted by Crippen LogP contribution is -2.43. The van der Waals surface area contributed by atoms with Crippen LogP contribution in [-0.2, 0) is 14.4 Å². The molecule has 0 aliphatic carbocycles. The van der Waals surface area contributed by atoms with Gasteiger partial charge in [0.2, 0.25) is 11.8 Å². The SMILES string of the molecule is CC(NC(=O)/C=C/C(=O)O)C(=O)N(C)C. The highest BCUT2D eigenvalue weighted by atomic mass is 16.4. The summed E-state index contributed by atoms with van der Waals surface area (Å²) in [5, 5.41) is 10.6. The summed E-state index contributed by atoms with van der Waals surface area (Å²) in [6.07, 6.45) is 1.57. The number of carboxylic acids is 1. The highest BCUT2D eigenvalue weighted by Crippen LogP contribution is 1.89. The molecular weight excluding hydrogens is 200 g/mol. The Morgan fingerprint density at radius 1 is 1.27 bits per heavy atom. The molecule has 0 bridgehead atoms. The van der Waals surface area contributed by atoms with Crippen molar-refractivity contribution in [2.45, 2.75) is 13.0 Å². The smallest absolute Gasteiger partial charge is 0.328 e. The maximum atomic E-state index is 11.3. The first-order valence-electron chi connectivity index (χ1n) is 4.27. The van der Waals surface area contributed by atoms with Crippen LogP contribution in [-0.4, -0.2) is 47.9 Å². The summed E-state index contributed by atoms with van der Waals surface area (Å²) in [7, 11) is 3.14. The number of likely N-dealkylation sites (N-methyl/N-ethyl adjacent to an activating group) is 1. The summed E-state index contributed by atoms with van der Waals surface area (Å²) < 4.78 is 0. The second-order valence-electron chi connectivity index (χ2n) is 3.13. The molecule has 0 spiro atoms. The summed E-state index contributed by atoms with van der Waals surface area (Å²) >= 11 is 0. The molecule has 0 aromatic rings. The van der Waals surface area contributed by atoms with E-state index in [1.807, 2.05) is 0 Å². The summed E-state index contributed by atoms with van der Waals surface area (Å²) in [6, 6.07) is -0.675. The van der Waals surface area contributed by atoms with Crippen molar-refractivity contribution in [3.05, 3.63) is 12.2 Å². The van der Waals surface area contributed by atoms with Crippen LogP contribution in [0.1, 0.15) is 6.92 Å². The standard InChI is InChI=1S/C9H14N2O4/c1-6(9(15)11(2)3)10-7(12)4-5-8(13)14/h4-6H,1-3H3,(H,10,12)(H,13,14)/b5-4+. The van der Waals surface area contributed by atoms with E-state index in [-0.39, 0.29) is 5.91 Å². The minimum atomic E-state index is -1.21. The maximum Gasteiger partial charge on any atom is 0.328 e. The molecule has 0 radical (unpaired) electrons. The third-order valence-corrected chi connectivity index (χ3v) is 1.55. The molecule has 1 atom stereocenters. The third kappa shape index (κ3) is 5.45. The minimum Gasteiger partial charge on any atom is -0.478 e. The van der Waals surface area contributed by atoms with E-state index in [9.17, 15) is 14.4 Å². The highest BCUT2D eigenvalue weighted by molar-refractivity contribution is 5.96. The second-order valence-corrected chi connectivity index (χ2v) is 3.13. The van der Waals surface area contributed by atoms with E-state index < -0.39 is 17.9 Å². The average molecular weight is 214 g/mol. The van der Waals surface area contributed by atoms with Gasteiger partial charge in [-0.2, -0.15) is 0 Å². The van der Waals surface area contributed by atoms with E-state index in [1.54, 1.807) is 14.1 Å². The lowest BCUT2D eigenvalue weighted by molar-refractivity contribution is -0.132. The van der Waals surface area contributed by atoms with E-state index >= 15 is 0 Å². The molecule has 84 valence electrons. The Kier molecular flexibility index (Phi) is 5.08. The van der Waals surface area contributed by atoms with Crippen LogP contribution in [0.2, 0.25) is 0 Å². The number of aliphatic carboxylic acids is 1. The third-order valence-electron chi connectivity index (χ3n) is 1.55. The predicted octanol–water partition coefficient (Wildman–Crippen LogP) is -0.780. The van der Waals surface area contributed by atoms with E-state index in [1.165, 1.54) is 11.8 Å². The fourth-order valence-electron chi connectivity index (χ4n) is 0.858. The number of hydrogen-bond donors (Lipinski definition) is 2. The summed E-state index contributed by atoms with van der Waals surface area (Å²) in [4.78, 5) is 33.8. The van der Waals surface area contributed by atoms with Crippen LogP contribution in [0.5, 0.6) is 0 Å². The van der Waals surface area contributed by atoms with E-state index in [2.05, 4.69) is 5.32 Å². The molecule has 0 fully saturated rings. The van der Waals surface area contributed by atoms with Crippen LogP contribution in [0.4, 0.5) is 0 Å². The lowest BCUT2D eigenvalue weighted by atomic mass is 10.3. The fraction of sp³-hybridized carbons (Fsp3) is 0.444. The van der Waals surface area contributed by atoms with E-state index in [0.717, 1.165) is 6.08 Å². The maximum absolute atomic E-state index is 11.3. The van der Waals surface area contributed by atoms with Crippen LogP contribution in [0, 0.1) is 0 Å². The molecule has 0 rings (SSSR count). The van der Waals surface area contributed by atoms with Gasteiger partial charge in [-0.25, -0.2) is 4.79 Å². The zero-order chi connectivity index (χ0) is 12.0. The van der Waals surface area contributed by atoms with Gasteiger partial charge in [-0.1, -0.05) is 0 Å². The molecule has 0 aliphatic rings. The quantitative estimate of drug-likeness (QED) is 0.601. The molecule has 6 nitrogen and oxygen atoms in total. The molecule has 15 heavy (non-hydrogen) atoms. The zero-order valence-corrected chi connectivity index (χ0v) is 8.85. The normalized spacial score (nSPS) is 12.2. The Bertz CT molecular complexity index is 296. The van der Waals surface area contributed by atoms with Crippen molar-refractivity contribution in [2.24, 2.45) is 0 Å². The predicted molar refractivity (Wildman–Crippen MR) is 53.1 cm³/mol. The number of carbonyl (C=O) groups excluding carboxylic acids is 2. The van der Waals surface area contributed by atoms with Crippen molar-refractivity contribution in [1.82, 2.24) is 10.2 Å². The summed E-state index contributed by atoms with van der Waals surface area (Å²) in [6.45, 7) is 1.52. The summed E-state index contributed by atoms with van der Waals surface area (Å²) in [5.74, 6) is -2.08. The molecule has 2 N–H and O–H groups in total. The van der Waals surface area contributed by atoms with Gasteiger partial charge in [-0.15, -0.1) is 0 Å². The van der Waals surface area contributed by atoms with Crippen molar-refractivity contribution in [1.29, 1.82) is 0 Å². The Morgan fingerprint density at radius 3 is 2.20 bits per heavy atom. The number of hydrogen-bond acceptors (Lipinski definition) is 3. The molecule has 0 aromatic carbocycles. The second kappa shape index (κ2) is 5.79. The van der Waals surface area contributed by atoms with E-state index in [0.29, 0.717) is 6.08 Å². The first kappa shape index (κ1) is 13.2. The van der Waals surface area contributed by atoms with Gasteiger partial charge in [-0.3, -0.25) is 9.59 Å². The van der Waals surface area contributed by atoms with Gasteiger partial charge in [-0.05, 0) is 6.92 Å². The average Bonchev–Trinajstić information content (AvgIpc) is 2.13. The van der Waals surface area contributed by atoms with Crippen LogP contribution < -0.4 is 5.32 Å². The Morgan fingerprint density at radius 2 is 1.80 bits per heavy atom. The number of rotatable bonds is 4. The Labute approximate surface area is 87.6 Å². The van der Waals surface area contributed by atoms with Gasteiger partial charge in [0.15, 0.2) is 0 Å². The van der Waals surface area contributed by atoms with Gasteiger partial charge in [0.05, 0.1) is 0 Å². The Hall–Kier alpha value is -1.85. The van der Waals surface area contributed by atoms with Gasteiger partial charge in [0.1, 0.15) is 6.04 Å². The molecule has 2 amide bonds. The van der Waals surface area contributed by atoms with Gasteiger partial charge in [0, 0.05) is 26.2 Å². The molecule has 0 aliphatic heterocycles. The van der Waals surface area contributed by atoms with Crippen LogP contribution in [0.3, 0.4) is 0 Å². The van der Waals surface area contributed by atoms with Gasteiger partial charge < -0.3 is 15.3 Å². The minimum absolute atomic E-state index is 0.257. The highest BCUT2D eigenvalue weighted by Gasteiger charge is 2.15. The van der Waals surface area contributed by atoms with Crippen molar-refractivity contribution >= 4 is 17.8 Å². The Balaban J connectivity index is 4.19. The van der Waals surface area contributed by atoms with E-state index in [4.69, 9.17) is 5.11 Å².